The molecule has 1 aromatic rings. The van der Waals surface area contributed by atoms with E-state index in [-0.39, 0.29) is 17.2 Å². The maximum Gasteiger partial charge on any atom is 0.148 e. The Morgan fingerprint density at radius 3 is 2.44 bits per heavy atom. The summed E-state index contributed by atoms with van der Waals surface area (Å²) in [6, 6.07) is -0.0704. The lowest BCUT2D eigenvalue weighted by Gasteiger charge is -2.15. The molecule has 18 heavy (non-hydrogen) atoms. The molecule has 0 aliphatic rings. The Kier molecular flexibility index (Phi) is 4.91. The Bertz CT molecular complexity index is 486. The van der Waals surface area contributed by atoms with Crippen molar-refractivity contribution in [2.75, 3.05) is 19.1 Å². The van der Waals surface area contributed by atoms with Gasteiger partial charge in [-0.1, -0.05) is 20.8 Å². The van der Waals surface area contributed by atoms with Crippen molar-refractivity contribution in [1.29, 1.82) is 0 Å². The molecule has 4 nitrogen and oxygen atoms in total. The zero-order valence-corrected chi connectivity index (χ0v) is 13.3. The van der Waals surface area contributed by atoms with Gasteiger partial charge in [-0.15, -0.1) is 11.3 Å². The minimum atomic E-state index is -2.96. The van der Waals surface area contributed by atoms with Crippen LogP contribution < -0.4 is 5.32 Å². The second kappa shape index (κ2) is 5.67. The van der Waals surface area contributed by atoms with Gasteiger partial charge in [-0.3, -0.25) is 0 Å². The van der Waals surface area contributed by atoms with E-state index in [1.807, 2.05) is 0 Å². The second-order valence-corrected chi connectivity index (χ2v) is 8.79. The predicted molar refractivity (Wildman–Crippen MR) is 77.1 cm³/mol. The number of nitrogens with zero attached hydrogens (tertiary/aromatic N) is 1. The fourth-order valence-electron chi connectivity index (χ4n) is 1.57. The van der Waals surface area contributed by atoms with Crippen molar-refractivity contribution in [3.05, 3.63) is 16.1 Å². The maximum absolute atomic E-state index is 11.3. The van der Waals surface area contributed by atoms with Gasteiger partial charge in [-0.05, 0) is 7.05 Å². The highest BCUT2D eigenvalue weighted by molar-refractivity contribution is 7.90. The van der Waals surface area contributed by atoms with Gasteiger partial charge >= 0.3 is 0 Å². The van der Waals surface area contributed by atoms with E-state index in [9.17, 15) is 8.42 Å². The van der Waals surface area contributed by atoms with Crippen molar-refractivity contribution in [3.8, 4) is 0 Å². The standard InChI is InChI=1S/C12H22N2O2S2/c1-12(2,3)10-7-17-11(14-10)6-9(13-4)8-18(5,15)16/h7,9,13H,6,8H2,1-5H3. The van der Waals surface area contributed by atoms with E-state index in [2.05, 4.69) is 36.5 Å². The van der Waals surface area contributed by atoms with E-state index in [0.29, 0.717) is 6.42 Å². The van der Waals surface area contributed by atoms with Crippen LogP contribution in [0.1, 0.15) is 31.5 Å². The third-order valence-corrected chi connectivity index (χ3v) is 4.53. The van der Waals surface area contributed by atoms with Crippen LogP contribution >= 0.6 is 11.3 Å². The van der Waals surface area contributed by atoms with Gasteiger partial charge in [0.15, 0.2) is 0 Å². The number of thiazole rings is 1. The predicted octanol–water partition coefficient (Wildman–Crippen LogP) is 1.62. The van der Waals surface area contributed by atoms with Crippen LogP contribution in [-0.2, 0) is 21.7 Å². The van der Waals surface area contributed by atoms with Gasteiger partial charge in [0.2, 0.25) is 0 Å². The molecule has 0 aromatic carbocycles. The van der Waals surface area contributed by atoms with Crippen molar-refractivity contribution >= 4 is 21.2 Å². The minimum Gasteiger partial charge on any atom is -0.316 e. The normalized spacial score (nSPS) is 14.7. The Morgan fingerprint density at radius 1 is 1.44 bits per heavy atom. The van der Waals surface area contributed by atoms with Crippen LogP contribution in [0.25, 0.3) is 0 Å². The van der Waals surface area contributed by atoms with Crippen LogP contribution in [0.2, 0.25) is 0 Å². The summed E-state index contributed by atoms with van der Waals surface area (Å²) >= 11 is 1.60. The number of likely N-dealkylation sites (N-methyl/N-ethyl adjacent to an activating group) is 1. The molecule has 0 saturated heterocycles. The fourth-order valence-corrected chi connectivity index (χ4v) is 3.69. The third-order valence-electron chi connectivity index (χ3n) is 2.65. The molecule has 0 spiro atoms. The van der Waals surface area contributed by atoms with E-state index in [1.165, 1.54) is 6.26 Å². The number of nitrogens with one attached hydrogen (secondary N) is 1. The van der Waals surface area contributed by atoms with Crippen LogP contribution in [-0.4, -0.2) is 38.5 Å². The first-order valence-electron chi connectivity index (χ1n) is 5.91. The molecule has 1 unspecified atom stereocenters. The van der Waals surface area contributed by atoms with Crippen molar-refractivity contribution < 1.29 is 8.42 Å². The molecule has 0 amide bonds. The van der Waals surface area contributed by atoms with Crippen LogP contribution in [0.5, 0.6) is 0 Å². The number of hydrogen-bond donors (Lipinski definition) is 1. The molecule has 6 heteroatoms. The number of sulfone groups is 1. The first-order valence-corrected chi connectivity index (χ1v) is 8.85. The molecule has 1 rings (SSSR count). The molecule has 0 fully saturated rings. The van der Waals surface area contributed by atoms with Crippen molar-refractivity contribution in [2.24, 2.45) is 0 Å². The molecule has 1 heterocycles. The highest BCUT2D eigenvalue weighted by Crippen LogP contribution is 2.24. The van der Waals surface area contributed by atoms with E-state index < -0.39 is 9.84 Å². The topological polar surface area (TPSA) is 59.1 Å². The summed E-state index contributed by atoms with van der Waals surface area (Å²) in [7, 11) is -1.18. The second-order valence-electron chi connectivity index (χ2n) is 5.66. The lowest BCUT2D eigenvalue weighted by molar-refractivity contribution is 0.555. The Hall–Kier alpha value is -0.460. The average molecular weight is 290 g/mol. The van der Waals surface area contributed by atoms with Crippen LogP contribution in [0.4, 0.5) is 0 Å². The SMILES string of the molecule is CNC(Cc1nc(C(C)(C)C)cs1)CS(C)(=O)=O. The molecule has 0 aliphatic carbocycles. The lowest BCUT2D eigenvalue weighted by Crippen LogP contribution is -2.34. The zero-order chi connectivity index (χ0) is 14.0. The fraction of sp³-hybridized carbons (Fsp3) is 0.750. The zero-order valence-electron chi connectivity index (χ0n) is 11.6. The van der Waals surface area contributed by atoms with Gasteiger partial charge in [-0.25, -0.2) is 13.4 Å². The lowest BCUT2D eigenvalue weighted by atomic mass is 9.93. The molecular weight excluding hydrogens is 268 g/mol. The van der Waals surface area contributed by atoms with Crippen molar-refractivity contribution in [2.45, 2.75) is 38.6 Å². The molecule has 0 aliphatic heterocycles. The van der Waals surface area contributed by atoms with Gasteiger partial charge in [0.25, 0.3) is 0 Å². The summed E-state index contributed by atoms with van der Waals surface area (Å²) in [6.45, 7) is 6.37. The van der Waals surface area contributed by atoms with E-state index in [0.717, 1.165) is 10.7 Å². The maximum atomic E-state index is 11.3. The van der Waals surface area contributed by atoms with Crippen molar-refractivity contribution in [3.63, 3.8) is 0 Å². The molecule has 1 atom stereocenters. The summed E-state index contributed by atoms with van der Waals surface area (Å²) in [4.78, 5) is 4.58. The molecule has 0 saturated carbocycles. The number of hydrogen-bond acceptors (Lipinski definition) is 5. The molecule has 104 valence electrons. The summed E-state index contributed by atoms with van der Waals surface area (Å²) < 4.78 is 22.6. The highest BCUT2D eigenvalue weighted by Gasteiger charge is 2.20. The molecule has 0 bridgehead atoms. The van der Waals surface area contributed by atoms with Gasteiger partial charge in [0.05, 0.1) is 16.5 Å². The van der Waals surface area contributed by atoms with Crippen LogP contribution in [0, 0.1) is 0 Å². The van der Waals surface area contributed by atoms with Crippen LogP contribution in [0.15, 0.2) is 5.38 Å². The number of rotatable bonds is 5. The highest BCUT2D eigenvalue weighted by atomic mass is 32.2. The van der Waals surface area contributed by atoms with Crippen LogP contribution in [0.3, 0.4) is 0 Å². The van der Waals surface area contributed by atoms with Gasteiger partial charge in [0, 0.05) is 29.5 Å². The minimum absolute atomic E-state index is 0.0424. The molecular formula is C12H22N2O2S2. The van der Waals surface area contributed by atoms with Crippen molar-refractivity contribution in [1.82, 2.24) is 10.3 Å². The summed E-state index contributed by atoms with van der Waals surface area (Å²) in [5, 5.41) is 6.09. The van der Waals surface area contributed by atoms with E-state index in [1.54, 1.807) is 18.4 Å². The van der Waals surface area contributed by atoms with Gasteiger partial charge in [0.1, 0.15) is 9.84 Å². The summed E-state index contributed by atoms with van der Waals surface area (Å²) in [6.07, 6.45) is 1.92. The summed E-state index contributed by atoms with van der Waals surface area (Å²) in [5.41, 5.74) is 1.11. The quantitative estimate of drug-likeness (QED) is 0.895. The van der Waals surface area contributed by atoms with E-state index in [4.69, 9.17) is 0 Å². The molecule has 1 aromatic heterocycles. The smallest absolute Gasteiger partial charge is 0.148 e. The first-order chi connectivity index (χ1) is 8.12. The van der Waals surface area contributed by atoms with Gasteiger partial charge in [-0.2, -0.15) is 0 Å². The number of aromatic nitrogens is 1. The Labute approximate surface area is 114 Å². The first kappa shape index (κ1) is 15.6. The Balaban J connectivity index is 2.74. The molecule has 1 N–H and O–H groups in total. The Morgan fingerprint density at radius 2 is 2.06 bits per heavy atom. The molecule has 0 radical (unpaired) electrons. The van der Waals surface area contributed by atoms with Gasteiger partial charge < -0.3 is 5.32 Å². The summed E-state index contributed by atoms with van der Waals surface area (Å²) in [5.74, 6) is 0.147. The third kappa shape index (κ3) is 5.04. The van der Waals surface area contributed by atoms with E-state index >= 15 is 0 Å². The monoisotopic (exact) mass is 290 g/mol. The average Bonchev–Trinajstić information content (AvgIpc) is 2.62. The largest absolute Gasteiger partial charge is 0.316 e.